The number of pyridine rings is 1. The van der Waals surface area contributed by atoms with E-state index in [1.165, 1.54) is 6.07 Å². The molecule has 1 atom stereocenters. The van der Waals surface area contributed by atoms with Gasteiger partial charge in [-0.05, 0) is 19.1 Å². The van der Waals surface area contributed by atoms with E-state index in [0.717, 1.165) is 18.8 Å². The van der Waals surface area contributed by atoms with Gasteiger partial charge in [0.25, 0.3) is 0 Å². The number of rotatable bonds is 1. The largest absolute Gasteiger partial charge is 0.369 e. The van der Waals surface area contributed by atoms with E-state index >= 15 is 0 Å². The number of aromatic nitrogens is 1. The Hall–Kier alpha value is -1.00. The van der Waals surface area contributed by atoms with Crippen LogP contribution in [-0.4, -0.2) is 24.7 Å². The minimum absolute atomic E-state index is 0.0388. The van der Waals surface area contributed by atoms with Crippen molar-refractivity contribution in [3.8, 4) is 0 Å². The van der Waals surface area contributed by atoms with Crippen molar-refractivity contribution in [3.05, 3.63) is 29.3 Å². The molecule has 0 bridgehead atoms. The Morgan fingerprint density at radius 1 is 1.57 bits per heavy atom. The summed E-state index contributed by atoms with van der Waals surface area (Å²) >= 11 is 0. The summed E-state index contributed by atoms with van der Waals surface area (Å²) in [5, 5.41) is 3.21. The SMILES string of the molecule is Cc1nc([C@H]2CNCCO2)ccc1F. The van der Waals surface area contributed by atoms with Gasteiger partial charge in [-0.1, -0.05) is 0 Å². The lowest BCUT2D eigenvalue weighted by Gasteiger charge is -2.23. The number of hydrogen-bond donors (Lipinski definition) is 1. The maximum Gasteiger partial charge on any atom is 0.144 e. The van der Waals surface area contributed by atoms with Crippen molar-refractivity contribution < 1.29 is 9.13 Å². The first-order valence-corrected chi connectivity index (χ1v) is 4.73. The molecule has 1 aromatic rings. The molecule has 4 heteroatoms. The van der Waals surface area contributed by atoms with E-state index in [-0.39, 0.29) is 11.9 Å². The van der Waals surface area contributed by atoms with E-state index in [9.17, 15) is 4.39 Å². The fraction of sp³-hybridized carbons (Fsp3) is 0.500. The number of nitrogens with zero attached hydrogens (tertiary/aromatic N) is 1. The molecule has 1 N–H and O–H groups in total. The third-order valence-electron chi connectivity index (χ3n) is 2.30. The van der Waals surface area contributed by atoms with Gasteiger partial charge < -0.3 is 10.1 Å². The Labute approximate surface area is 82.3 Å². The summed E-state index contributed by atoms with van der Waals surface area (Å²) in [6, 6.07) is 3.12. The maximum atomic E-state index is 12.9. The average molecular weight is 196 g/mol. The Bertz CT molecular complexity index is 324. The molecule has 76 valence electrons. The van der Waals surface area contributed by atoms with Gasteiger partial charge in [0.2, 0.25) is 0 Å². The highest BCUT2D eigenvalue weighted by atomic mass is 19.1. The first-order chi connectivity index (χ1) is 6.77. The van der Waals surface area contributed by atoms with Crippen LogP contribution in [0.4, 0.5) is 4.39 Å². The predicted octanol–water partition coefficient (Wildman–Crippen LogP) is 1.19. The molecule has 1 saturated heterocycles. The molecular weight excluding hydrogens is 183 g/mol. The minimum atomic E-state index is -0.266. The van der Waals surface area contributed by atoms with Gasteiger partial charge >= 0.3 is 0 Å². The normalized spacial score (nSPS) is 22.3. The first-order valence-electron chi connectivity index (χ1n) is 4.73. The molecule has 1 aliphatic rings. The molecule has 2 heterocycles. The van der Waals surface area contributed by atoms with Gasteiger partial charge in [-0.2, -0.15) is 0 Å². The number of ether oxygens (including phenoxy) is 1. The number of hydrogen-bond acceptors (Lipinski definition) is 3. The highest BCUT2D eigenvalue weighted by molar-refractivity contribution is 5.14. The van der Waals surface area contributed by atoms with Crippen LogP contribution in [0.5, 0.6) is 0 Å². The second kappa shape index (κ2) is 4.02. The summed E-state index contributed by atoms with van der Waals surface area (Å²) in [5.74, 6) is -0.266. The fourth-order valence-corrected chi connectivity index (χ4v) is 1.50. The number of halogens is 1. The molecule has 0 radical (unpaired) electrons. The van der Waals surface area contributed by atoms with Crippen LogP contribution >= 0.6 is 0 Å². The number of aryl methyl sites for hydroxylation is 1. The average Bonchev–Trinajstić information content (AvgIpc) is 2.23. The third kappa shape index (κ3) is 1.91. The van der Waals surface area contributed by atoms with E-state index in [0.29, 0.717) is 12.3 Å². The van der Waals surface area contributed by atoms with Crippen LogP contribution < -0.4 is 5.32 Å². The van der Waals surface area contributed by atoms with Crippen LogP contribution in [0.2, 0.25) is 0 Å². The first kappa shape index (κ1) is 9.55. The molecule has 1 aromatic heterocycles. The molecule has 1 fully saturated rings. The minimum Gasteiger partial charge on any atom is -0.369 e. The molecule has 0 aliphatic carbocycles. The molecule has 2 rings (SSSR count). The quantitative estimate of drug-likeness (QED) is 0.732. The van der Waals surface area contributed by atoms with Gasteiger partial charge in [-0.15, -0.1) is 0 Å². The van der Waals surface area contributed by atoms with Gasteiger partial charge in [-0.3, -0.25) is 4.98 Å². The molecular formula is C10H13FN2O. The number of nitrogens with one attached hydrogen (secondary N) is 1. The molecule has 0 amide bonds. The lowest BCUT2D eigenvalue weighted by Crippen LogP contribution is -2.33. The maximum absolute atomic E-state index is 12.9. The molecule has 1 aliphatic heterocycles. The van der Waals surface area contributed by atoms with Crippen LogP contribution in [-0.2, 0) is 4.74 Å². The topological polar surface area (TPSA) is 34.2 Å². The highest BCUT2D eigenvalue weighted by Crippen LogP contribution is 2.17. The van der Waals surface area contributed by atoms with Gasteiger partial charge in [-0.25, -0.2) is 4.39 Å². The molecule has 14 heavy (non-hydrogen) atoms. The van der Waals surface area contributed by atoms with E-state index in [4.69, 9.17) is 4.74 Å². The lowest BCUT2D eigenvalue weighted by molar-refractivity contribution is 0.0249. The Balaban J connectivity index is 2.18. The standard InChI is InChI=1S/C10H13FN2O/c1-7-8(11)2-3-9(13-7)10-6-12-4-5-14-10/h2-3,10,12H,4-6H2,1H3/t10-/m1/s1. The molecule has 0 spiro atoms. The van der Waals surface area contributed by atoms with Crippen molar-refractivity contribution >= 4 is 0 Å². The highest BCUT2D eigenvalue weighted by Gasteiger charge is 2.17. The molecule has 0 unspecified atom stereocenters. The lowest BCUT2D eigenvalue weighted by atomic mass is 10.2. The number of morpholine rings is 1. The van der Waals surface area contributed by atoms with Crippen molar-refractivity contribution in [3.63, 3.8) is 0 Å². The van der Waals surface area contributed by atoms with E-state index in [2.05, 4.69) is 10.3 Å². The van der Waals surface area contributed by atoms with Gasteiger partial charge in [0.05, 0.1) is 18.0 Å². The van der Waals surface area contributed by atoms with E-state index in [1.54, 1.807) is 13.0 Å². The van der Waals surface area contributed by atoms with Crippen molar-refractivity contribution in [1.29, 1.82) is 0 Å². The smallest absolute Gasteiger partial charge is 0.144 e. The van der Waals surface area contributed by atoms with Crippen molar-refractivity contribution in [2.24, 2.45) is 0 Å². The predicted molar refractivity (Wildman–Crippen MR) is 50.5 cm³/mol. The third-order valence-corrected chi connectivity index (χ3v) is 2.30. The monoisotopic (exact) mass is 196 g/mol. The fourth-order valence-electron chi connectivity index (χ4n) is 1.50. The van der Waals surface area contributed by atoms with E-state index < -0.39 is 0 Å². The Kier molecular flexibility index (Phi) is 2.74. The summed E-state index contributed by atoms with van der Waals surface area (Å²) in [7, 11) is 0. The van der Waals surface area contributed by atoms with E-state index in [1.807, 2.05) is 0 Å². The molecule has 0 saturated carbocycles. The summed E-state index contributed by atoms with van der Waals surface area (Å²) in [6.07, 6.45) is -0.0388. The van der Waals surface area contributed by atoms with Gasteiger partial charge in [0.1, 0.15) is 11.9 Å². The van der Waals surface area contributed by atoms with Gasteiger partial charge in [0.15, 0.2) is 0 Å². The second-order valence-electron chi connectivity index (χ2n) is 3.37. The zero-order valence-corrected chi connectivity index (χ0v) is 8.09. The van der Waals surface area contributed by atoms with Crippen molar-refractivity contribution in [2.75, 3.05) is 19.7 Å². The summed E-state index contributed by atoms with van der Waals surface area (Å²) in [4.78, 5) is 4.16. The second-order valence-corrected chi connectivity index (χ2v) is 3.37. The van der Waals surface area contributed by atoms with Crippen LogP contribution in [0.15, 0.2) is 12.1 Å². The summed E-state index contributed by atoms with van der Waals surface area (Å²) in [6.45, 7) is 3.96. The van der Waals surface area contributed by atoms with Crippen LogP contribution in [0.25, 0.3) is 0 Å². The van der Waals surface area contributed by atoms with Crippen LogP contribution in [0.1, 0.15) is 17.5 Å². The Morgan fingerprint density at radius 2 is 2.43 bits per heavy atom. The van der Waals surface area contributed by atoms with Crippen LogP contribution in [0.3, 0.4) is 0 Å². The van der Waals surface area contributed by atoms with Crippen molar-refractivity contribution in [1.82, 2.24) is 10.3 Å². The summed E-state index contributed by atoms with van der Waals surface area (Å²) in [5.41, 5.74) is 1.23. The molecule has 3 nitrogen and oxygen atoms in total. The zero-order chi connectivity index (χ0) is 9.97. The zero-order valence-electron chi connectivity index (χ0n) is 8.09. The molecule has 0 aromatic carbocycles. The van der Waals surface area contributed by atoms with Gasteiger partial charge in [0, 0.05) is 13.1 Å². The summed E-state index contributed by atoms with van der Waals surface area (Å²) < 4.78 is 18.5. The Morgan fingerprint density at radius 3 is 3.07 bits per heavy atom. The van der Waals surface area contributed by atoms with Crippen LogP contribution in [0, 0.1) is 12.7 Å². The van der Waals surface area contributed by atoms with Crippen molar-refractivity contribution in [2.45, 2.75) is 13.0 Å².